The molecule has 546 valence electrons. The first-order chi connectivity index (χ1) is 47.7. The lowest BCUT2D eigenvalue weighted by molar-refractivity contribution is -0.143. The standard InChI is InChI=1S/C68H91N15O18/c1-34(2)25-46-65(97)83-56(36(5)6)66(98)74-45(68(100)101)16-12-11-15-44(69)58(90)82-55(35(3)4)67(99)81-47(26-38-13-9-8-10-14-38)59(91)73-37(7)57(89)75-50(29-41-32-71-33-72-41)62(94)79-51(30-53(70)86)63(95)77-49(28-40-19-23-43(85)24-20-40)61(93)80-52(31-54(87)88)64(96)78-48(60(92)76-46)27-39-17-21-42(84)22-18-39/h8-14,17-24,32-37,44-52,55-56,84-85H,15-16,25-31,69H2,1-7H3,(H2,70,86)(H,71,72)(H,73,91)(H,74,98)(H,75,89)(H,76,92)(H,77,95)(H,78,96)(H,79,94)(H,80,93)(H,81,99)(H,82,90)(H,83,97)(H,87,88)(H,100,101)/b12-11-/t37-,44-,45-,46-,47-,48-,49-,50-,51-,52-,55-,56-/m0/s1. The van der Waals surface area contributed by atoms with Crippen LogP contribution in [0.5, 0.6) is 11.5 Å². The van der Waals surface area contributed by atoms with Gasteiger partial charge in [-0.1, -0.05) is 108 Å². The molecule has 0 spiro atoms. The van der Waals surface area contributed by atoms with Crippen molar-refractivity contribution in [1.82, 2.24) is 68.5 Å². The van der Waals surface area contributed by atoms with Crippen molar-refractivity contribution in [2.24, 2.45) is 29.2 Å². The molecule has 20 N–H and O–H groups in total. The molecular formula is C68H91N15O18. The number of amides is 12. The number of primary amides is 1. The lowest BCUT2D eigenvalue weighted by Crippen LogP contribution is -2.62. The van der Waals surface area contributed by atoms with Gasteiger partial charge in [0.25, 0.3) is 0 Å². The zero-order chi connectivity index (χ0) is 74.8. The van der Waals surface area contributed by atoms with E-state index in [0.717, 1.165) is 0 Å². The van der Waals surface area contributed by atoms with E-state index in [9.17, 15) is 87.5 Å². The number of H-pyrrole nitrogens is 1. The van der Waals surface area contributed by atoms with Gasteiger partial charge in [0.05, 0.1) is 25.2 Å². The fourth-order valence-corrected chi connectivity index (χ4v) is 10.5. The summed E-state index contributed by atoms with van der Waals surface area (Å²) < 4.78 is 0. The number of nitrogens with zero attached hydrogens (tertiary/aromatic N) is 1. The second-order valence-electron chi connectivity index (χ2n) is 25.7. The summed E-state index contributed by atoms with van der Waals surface area (Å²) in [5, 5.41) is 68.2. The lowest BCUT2D eigenvalue weighted by atomic mass is 9.98. The lowest BCUT2D eigenvalue weighted by Gasteiger charge is -2.29. The van der Waals surface area contributed by atoms with E-state index in [1.165, 1.54) is 80.1 Å². The predicted molar refractivity (Wildman–Crippen MR) is 362 cm³/mol. The second kappa shape index (κ2) is 38.8. The number of benzene rings is 3. The molecule has 0 fully saturated rings. The number of carbonyl (C=O) groups is 14. The molecule has 0 saturated heterocycles. The molecular weight excluding hydrogens is 1310 g/mol. The molecule has 0 bridgehead atoms. The number of hydrogen-bond acceptors (Lipinski definition) is 18. The molecule has 3 aromatic carbocycles. The Bertz CT molecular complexity index is 3590. The summed E-state index contributed by atoms with van der Waals surface area (Å²) in [6.07, 6.45) is 1.13. The summed E-state index contributed by atoms with van der Waals surface area (Å²) in [4.78, 5) is 202. The minimum Gasteiger partial charge on any atom is -0.508 e. The molecule has 1 aromatic heterocycles. The number of carboxylic acids is 2. The summed E-state index contributed by atoms with van der Waals surface area (Å²) in [5.74, 6) is -17.8. The van der Waals surface area contributed by atoms with Gasteiger partial charge < -0.3 is 95.4 Å². The number of aliphatic carboxylic acids is 2. The van der Waals surface area contributed by atoms with Gasteiger partial charge in [-0.15, -0.1) is 0 Å². The first kappa shape index (κ1) is 80.4. The summed E-state index contributed by atoms with van der Waals surface area (Å²) >= 11 is 0. The van der Waals surface area contributed by atoms with E-state index in [2.05, 4.69) is 68.5 Å². The van der Waals surface area contributed by atoms with Crippen molar-refractivity contribution < 1.29 is 87.5 Å². The maximum atomic E-state index is 14.7. The van der Waals surface area contributed by atoms with Gasteiger partial charge in [0.15, 0.2) is 0 Å². The quantitative estimate of drug-likeness (QED) is 0.0504. The Morgan fingerprint density at radius 3 is 1.32 bits per heavy atom. The second-order valence-corrected chi connectivity index (χ2v) is 25.7. The number of hydrogen-bond donors (Lipinski definition) is 18. The molecule has 0 unspecified atom stereocenters. The number of phenols is 2. The SMILES string of the molecule is CC(C)C[C@@H]1NC(=O)[C@H](Cc2ccc(O)cc2)NC(=O)[C@H](CC(=O)O)NC(=O)[C@H](Cc2ccc(O)cc2)NC(=O)[C@H](CC(N)=O)NC(=O)[C@H](Cc2cnc[nH]2)NC(=O)[C@H](C)NC(=O)[C@H](Cc2ccccc2)NC(=O)[C@H](C(C)C)NC(=O)[C@@H](N)C/C=C\C[C@@H](C(=O)O)NC(=O)[C@H](C(C)C)NC1=O. The summed E-state index contributed by atoms with van der Waals surface area (Å²) in [7, 11) is 0. The molecule has 1 aliphatic rings. The third-order valence-electron chi connectivity index (χ3n) is 16.1. The Labute approximate surface area is 582 Å². The monoisotopic (exact) mass is 1410 g/mol. The van der Waals surface area contributed by atoms with Crippen LogP contribution in [0.3, 0.4) is 0 Å². The number of aromatic hydroxyl groups is 2. The molecule has 0 radical (unpaired) electrons. The van der Waals surface area contributed by atoms with E-state index >= 15 is 0 Å². The molecule has 33 heteroatoms. The number of nitrogens with one attached hydrogen (secondary N) is 12. The third kappa shape index (κ3) is 26.5. The van der Waals surface area contributed by atoms with Crippen LogP contribution in [-0.4, -0.2) is 186 Å². The molecule has 12 atom stereocenters. The average Bonchev–Trinajstić information content (AvgIpc) is 1.32. The number of carbonyl (C=O) groups excluding carboxylic acids is 12. The minimum atomic E-state index is -2.07. The first-order valence-corrected chi connectivity index (χ1v) is 32.7. The zero-order valence-corrected chi connectivity index (χ0v) is 56.9. The van der Waals surface area contributed by atoms with E-state index in [4.69, 9.17) is 11.5 Å². The zero-order valence-electron chi connectivity index (χ0n) is 56.9. The van der Waals surface area contributed by atoms with Gasteiger partial charge in [0.1, 0.15) is 78.0 Å². The maximum Gasteiger partial charge on any atom is 0.326 e. The van der Waals surface area contributed by atoms with E-state index in [1.54, 1.807) is 71.9 Å². The molecule has 12 amide bonds. The number of nitrogens with two attached hydrogens (primary N) is 2. The van der Waals surface area contributed by atoms with Gasteiger partial charge in [-0.25, -0.2) is 9.78 Å². The summed E-state index contributed by atoms with van der Waals surface area (Å²) in [6.45, 7) is 11.0. The normalized spacial score (nSPS) is 24.8. The van der Waals surface area contributed by atoms with Crippen LogP contribution in [0.15, 0.2) is 104 Å². The van der Waals surface area contributed by atoms with Crippen LogP contribution in [0.4, 0.5) is 0 Å². The number of imidazole rings is 1. The molecule has 0 aliphatic carbocycles. The highest BCUT2D eigenvalue weighted by atomic mass is 16.4. The molecule has 0 saturated carbocycles. The van der Waals surface area contributed by atoms with Crippen molar-refractivity contribution in [2.75, 3.05) is 0 Å². The van der Waals surface area contributed by atoms with Gasteiger partial charge in [0.2, 0.25) is 70.9 Å². The predicted octanol–water partition coefficient (Wildman–Crippen LogP) is -2.09. The fourth-order valence-electron chi connectivity index (χ4n) is 10.5. The Hall–Kier alpha value is -11.2. The number of phenolic OH excluding ortho intramolecular Hbond substituents is 2. The van der Waals surface area contributed by atoms with Crippen LogP contribution in [-0.2, 0) is 92.8 Å². The van der Waals surface area contributed by atoms with Crippen LogP contribution >= 0.6 is 0 Å². The fraction of sp³-hybridized carbons (Fsp3) is 0.456. The Morgan fingerprint density at radius 1 is 0.465 bits per heavy atom. The highest BCUT2D eigenvalue weighted by Gasteiger charge is 2.38. The topological polar surface area (TPSA) is 533 Å². The molecule has 33 nitrogen and oxygen atoms in total. The molecule has 1 aliphatic heterocycles. The van der Waals surface area contributed by atoms with Crippen molar-refractivity contribution in [2.45, 2.75) is 179 Å². The van der Waals surface area contributed by atoms with Crippen LogP contribution < -0.4 is 70.0 Å². The number of aromatic nitrogens is 2. The Kier molecular flexibility index (Phi) is 30.9. The molecule has 5 rings (SSSR count). The highest BCUT2D eigenvalue weighted by molar-refractivity contribution is 6.01. The van der Waals surface area contributed by atoms with Crippen molar-refractivity contribution in [1.29, 1.82) is 0 Å². The van der Waals surface area contributed by atoms with Gasteiger partial charge >= 0.3 is 11.9 Å². The van der Waals surface area contributed by atoms with Gasteiger partial charge in [0, 0.05) is 37.6 Å². The smallest absolute Gasteiger partial charge is 0.326 e. The van der Waals surface area contributed by atoms with Crippen LogP contribution in [0.25, 0.3) is 0 Å². The number of aromatic amines is 1. The van der Waals surface area contributed by atoms with Crippen molar-refractivity contribution >= 4 is 82.8 Å². The molecule has 101 heavy (non-hydrogen) atoms. The minimum absolute atomic E-state index is 0.0940. The van der Waals surface area contributed by atoms with Crippen LogP contribution in [0.2, 0.25) is 0 Å². The van der Waals surface area contributed by atoms with Crippen LogP contribution in [0, 0.1) is 17.8 Å². The van der Waals surface area contributed by atoms with E-state index in [1.807, 2.05) is 0 Å². The number of carboxylic acid groups (broad SMARTS) is 2. The largest absolute Gasteiger partial charge is 0.508 e. The van der Waals surface area contributed by atoms with E-state index < -0.39 is 193 Å². The summed E-state index contributed by atoms with van der Waals surface area (Å²) in [5.41, 5.74) is 13.3. The van der Waals surface area contributed by atoms with Crippen molar-refractivity contribution in [3.8, 4) is 11.5 Å². The van der Waals surface area contributed by atoms with Crippen molar-refractivity contribution in [3.63, 3.8) is 0 Å². The highest BCUT2D eigenvalue weighted by Crippen LogP contribution is 2.17. The Morgan fingerprint density at radius 2 is 0.861 bits per heavy atom. The van der Waals surface area contributed by atoms with Crippen LogP contribution in [0.1, 0.15) is 103 Å². The first-order valence-electron chi connectivity index (χ1n) is 32.7. The average molecular weight is 1410 g/mol. The van der Waals surface area contributed by atoms with E-state index in [-0.39, 0.29) is 60.8 Å². The van der Waals surface area contributed by atoms with Gasteiger partial charge in [-0.05, 0) is 84.9 Å². The third-order valence-corrected chi connectivity index (χ3v) is 16.1. The van der Waals surface area contributed by atoms with Crippen molar-refractivity contribution in [3.05, 3.63) is 126 Å². The summed E-state index contributed by atoms with van der Waals surface area (Å²) in [6, 6.07) is -0.381. The van der Waals surface area contributed by atoms with Gasteiger partial charge in [-0.2, -0.15) is 0 Å². The number of rotatable bonds is 17. The maximum absolute atomic E-state index is 14.7. The van der Waals surface area contributed by atoms with Gasteiger partial charge in [-0.3, -0.25) is 62.3 Å². The van der Waals surface area contributed by atoms with E-state index in [0.29, 0.717) is 11.1 Å². The Balaban J connectivity index is 1.60. The molecule has 2 heterocycles. The molecule has 4 aromatic rings.